The van der Waals surface area contributed by atoms with Crippen LogP contribution in [-0.2, 0) is 15.2 Å². The molecule has 1 aromatic rings. The van der Waals surface area contributed by atoms with Gasteiger partial charge in [-0.3, -0.25) is 11.7 Å². The lowest BCUT2D eigenvalue weighted by atomic mass is 10.2. The van der Waals surface area contributed by atoms with E-state index in [-0.39, 0.29) is 11.3 Å². The number of hydrogen-bond acceptors (Lipinski definition) is 7. The molecule has 0 aliphatic rings. The third kappa shape index (κ3) is 4.64. The second-order valence-electron chi connectivity index (χ2n) is 2.35. The minimum Gasteiger partial charge on any atom is -0.465 e. The van der Waals surface area contributed by atoms with Gasteiger partial charge in [0, 0.05) is 0 Å². The van der Waals surface area contributed by atoms with E-state index >= 15 is 0 Å². The molecule has 1 rings (SSSR count). The van der Waals surface area contributed by atoms with E-state index in [9.17, 15) is 13.2 Å². The highest BCUT2D eigenvalue weighted by molar-refractivity contribution is 7.61. The van der Waals surface area contributed by atoms with Crippen molar-refractivity contribution < 1.29 is 17.9 Å². The third-order valence-electron chi connectivity index (χ3n) is 1.45. The van der Waals surface area contributed by atoms with Gasteiger partial charge >= 0.3 is 16.5 Å². The summed E-state index contributed by atoms with van der Waals surface area (Å²) in [5.41, 5.74) is 0.459. The van der Waals surface area contributed by atoms with Crippen LogP contribution in [0.1, 0.15) is 10.4 Å². The number of hydrogen-bond donors (Lipinski definition) is 2. The molecule has 1 aromatic carbocycles. The zero-order valence-corrected chi connectivity index (χ0v) is 9.27. The number of methoxy groups -OCH3 is 1. The maximum absolute atomic E-state index is 11.0. The fourth-order valence-corrected chi connectivity index (χ4v) is 1.18. The van der Waals surface area contributed by atoms with Crippen LogP contribution in [0.3, 0.4) is 0 Å². The predicted molar refractivity (Wildman–Crippen MR) is 57.2 cm³/mol. The summed E-state index contributed by atoms with van der Waals surface area (Å²) in [4.78, 5) is 11.0. The van der Waals surface area contributed by atoms with Crippen LogP contribution in [0.25, 0.3) is 0 Å². The maximum atomic E-state index is 11.0. The van der Waals surface area contributed by atoms with Crippen LogP contribution in [0.2, 0.25) is 0 Å². The van der Waals surface area contributed by atoms with Crippen molar-refractivity contribution in [3.05, 3.63) is 29.8 Å². The Hall–Kier alpha value is -1.77. The van der Waals surface area contributed by atoms with Crippen molar-refractivity contribution in [3.63, 3.8) is 0 Å². The SMILES string of the molecule is COC(=O)c1cccc(N=S(=O)=O)c1.NN. The Kier molecular flexibility index (Phi) is 6.68. The smallest absolute Gasteiger partial charge is 0.337 e. The molecule has 0 spiro atoms. The molecule has 0 bridgehead atoms. The summed E-state index contributed by atoms with van der Waals surface area (Å²) in [6, 6.07) is 5.85. The standard InChI is InChI=1S/C8H7NO4S.H4N2/c1-13-8(10)6-3-2-4-7(5-6)9-14(11)12;1-2/h2-5H,1H3;1-2H2. The molecule has 7 nitrogen and oxygen atoms in total. The zero-order valence-electron chi connectivity index (χ0n) is 8.45. The van der Waals surface area contributed by atoms with E-state index in [0.29, 0.717) is 0 Å². The van der Waals surface area contributed by atoms with Gasteiger partial charge in [-0.2, -0.15) is 8.42 Å². The summed E-state index contributed by atoms with van der Waals surface area (Å²) in [5.74, 6) is 7.47. The minimum atomic E-state index is -2.52. The summed E-state index contributed by atoms with van der Waals surface area (Å²) < 4.78 is 28.2. The van der Waals surface area contributed by atoms with Gasteiger partial charge in [-0.25, -0.2) is 4.79 Å². The first kappa shape index (κ1) is 14.2. The van der Waals surface area contributed by atoms with Gasteiger partial charge in [0.2, 0.25) is 0 Å². The molecule has 4 N–H and O–H groups in total. The van der Waals surface area contributed by atoms with Crippen molar-refractivity contribution >= 4 is 22.2 Å². The molecule has 0 atom stereocenters. The first-order chi connectivity index (χ1) is 7.63. The van der Waals surface area contributed by atoms with Gasteiger partial charge < -0.3 is 4.74 Å². The number of nitrogens with two attached hydrogens (primary N) is 2. The third-order valence-corrected chi connectivity index (χ3v) is 1.81. The molecule has 88 valence electrons. The van der Waals surface area contributed by atoms with Gasteiger partial charge in [-0.05, 0) is 18.2 Å². The van der Waals surface area contributed by atoms with E-state index in [2.05, 4.69) is 20.8 Å². The quantitative estimate of drug-likeness (QED) is 0.428. The molecule has 0 unspecified atom stereocenters. The number of carbonyl (C=O) groups is 1. The molecule has 16 heavy (non-hydrogen) atoms. The summed E-state index contributed by atoms with van der Waals surface area (Å²) in [7, 11) is -1.27. The van der Waals surface area contributed by atoms with Gasteiger partial charge in [-0.15, -0.1) is 4.36 Å². The number of esters is 1. The number of hydrazine groups is 1. The molecule has 0 radical (unpaired) electrons. The maximum Gasteiger partial charge on any atom is 0.337 e. The zero-order chi connectivity index (χ0) is 12.6. The number of carbonyl (C=O) groups excluding carboxylic acids is 1. The molecular formula is C8H11N3O4S. The van der Waals surface area contributed by atoms with Crippen molar-refractivity contribution in [2.45, 2.75) is 0 Å². The molecule has 0 amide bonds. The average Bonchev–Trinajstić information content (AvgIpc) is 2.30. The normalized spacial score (nSPS) is 8.44. The molecule has 8 heteroatoms. The highest BCUT2D eigenvalue weighted by Gasteiger charge is 2.04. The molecule has 0 saturated carbocycles. The minimum absolute atomic E-state index is 0.196. The van der Waals surface area contributed by atoms with Crippen molar-refractivity contribution in [2.75, 3.05) is 7.11 Å². The van der Waals surface area contributed by atoms with Gasteiger partial charge in [0.15, 0.2) is 0 Å². The lowest BCUT2D eigenvalue weighted by Gasteiger charge is -1.98. The van der Waals surface area contributed by atoms with Crippen LogP contribution < -0.4 is 11.7 Å². The van der Waals surface area contributed by atoms with Crippen LogP contribution in [0.5, 0.6) is 0 Å². The number of nitrogens with zero attached hydrogens (tertiary/aromatic N) is 1. The average molecular weight is 245 g/mol. The molecule has 0 saturated heterocycles. The Balaban J connectivity index is 0.00000106. The van der Waals surface area contributed by atoms with Gasteiger partial charge in [0.1, 0.15) is 0 Å². The first-order valence-corrected chi connectivity index (χ1v) is 4.99. The van der Waals surface area contributed by atoms with Crippen molar-refractivity contribution in [2.24, 2.45) is 16.0 Å². The Bertz CT molecular complexity index is 476. The lowest BCUT2D eigenvalue weighted by molar-refractivity contribution is 0.0601. The molecule has 0 aliphatic carbocycles. The predicted octanol–water partition coefficient (Wildman–Crippen LogP) is -0.0138. The van der Waals surface area contributed by atoms with Crippen LogP contribution in [0.4, 0.5) is 5.69 Å². The number of rotatable bonds is 2. The Morgan fingerprint density at radius 2 is 2.00 bits per heavy atom. The topological polar surface area (TPSA) is 125 Å². The largest absolute Gasteiger partial charge is 0.465 e. The fourth-order valence-electron chi connectivity index (χ4n) is 0.894. The van der Waals surface area contributed by atoms with Crippen molar-refractivity contribution in [1.29, 1.82) is 0 Å². The Morgan fingerprint density at radius 1 is 1.38 bits per heavy atom. The van der Waals surface area contributed by atoms with Crippen LogP contribution in [0.15, 0.2) is 28.6 Å². The summed E-state index contributed by atoms with van der Waals surface area (Å²) >= 11 is 0. The van der Waals surface area contributed by atoms with E-state index < -0.39 is 16.5 Å². The fraction of sp³-hybridized carbons (Fsp3) is 0.125. The Labute approximate surface area is 93.7 Å². The number of benzene rings is 1. The van der Waals surface area contributed by atoms with E-state index in [0.717, 1.165) is 0 Å². The molecule has 0 aliphatic heterocycles. The molecule has 0 aromatic heterocycles. The highest BCUT2D eigenvalue weighted by Crippen LogP contribution is 2.14. The second kappa shape index (κ2) is 7.51. The van der Waals surface area contributed by atoms with E-state index in [1.807, 2.05) is 0 Å². The van der Waals surface area contributed by atoms with Gasteiger partial charge in [-0.1, -0.05) is 6.07 Å². The second-order valence-corrected chi connectivity index (χ2v) is 2.97. The first-order valence-electron chi connectivity index (χ1n) is 3.96. The summed E-state index contributed by atoms with van der Waals surface area (Å²) in [6.07, 6.45) is 0. The van der Waals surface area contributed by atoms with Gasteiger partial charge in [0.25, 0.3) is 0 Å². The van der Waals surface area contributed by atoms with E-state index in [4.69, 9.17) is 0 Å². The highest BCUT2D eigenvalue weighted by atomic mass is 32.2. The lowest BCUT2D eigenvalue weighted by Crippen LogP contribution is -2.02. The van der Waals surface area contributed by atoms with Crippen LogP contribution in [-0.4, -0.2) is 21.5 Å². The Morgan fingerprint density at radius 3 is 2.50 bits per heavy atom. The van der Waals surface area contributed by atoms with E-state index in [1.165, 1.54) is 31.4 Å². The van der Waals surface area contributed by atoms with Crippen LogP contribution in [0, 0.1) is 0 Å². The van der Waals surface area contributed by atoms with Crippen molar-refractivity contribution in [3.8, 4) is 0 Å². The number of ether oxygens (including phenoxy) is 1. The van der Waals surface area contributed by atoms with Crippen LogP contribution >= 0.6 is 0 Å². The molecule has 0 fully saturated rings. The van der Waals surface area contributed by atoms with Crippen molar-refractivity contribution in [1.82, 2.24) is 0 Å². The molecular weight excluding hydrogens is 234 g/mol. The van der Waals surface area contributed by atoms with Gasteiger partial charge in [0.05, 0.1) is 18.4 Å². The van der Waals surface area contributed by atoms with E-state index in [1.54, 1.807) is 0 Å². The summed E-state index contributed by atoms with van der Waals surface area (Å²) in [5, 5.41) is 0. The summed E-state index contributed by atoms with van der Waals surface area (Å²) in [6.45, 7) is 0. The monoisotopic (exact) mass is 245 g/mol. The molecule has 0 heterocycles.